The molecule has 2 aliphatic heterocycles. The molecule has 23 N–H and O–H groups in total. The lowest BCUT2D eigenvalue weighted by Gasteiger charge is -2.33. The van der Waals surface area contributed by atoms with E-state index in [1.54, 1.807) is 71.0 Å². The van der Waals surface area contributed by atoms with Crippen molar-refractivity contribution in [3.63, 3.8) is 0 Å². The van der Waals surface area contributed by atoms with Crippen LogP contribution in [-0.2, 0) is 106 Å². The van der Waals surface area contributed by atoms with Crippen LogP contribution in [0.5, 0.6) is 11.5 Å². The van der Waals surface area contributed by atoms with Crippen molar-refractivity contribution in [2.45, 2.75) is 236 Å². The molecular formula is C80H108N18O20. The number of aliphatic carboxylic acids is 1. The highest BCUT2D eigenvalue weighted by Gasteiger charge is 2.41. The normalized spacial score (nSPS) is 23.9. The molecule has 8 rings (SSSR count). The third-order valence-electron chi connectivity index (χ3n) is 19.5. The van der Waals surface area contributed by atoms with Crippen molar-refractivity contribution < 1.29 is 97.8 Å². The number of hydrogen-bond donors (Lipinski definition) is 22. The van der Waals surface area contributed by atoms with Crippen LogP contribution in [0, 0.1) is 5.41 Å². The summed E-state index contributed by atoms with van der Waals surface area (Å²) in [6.45, 7) is 11.5. The van der Waals surface area contributed by atoms with Crippen LogP contribution >= 0.6 is 0 Å². The van der Waals surface area contributed by atoms with Crippen LogP contribution in [-0.4, -0.2) is 224 Å². The molecular weight excluding hydrogens is 1530 g/mol. The summed E-state index contributed by atoms with van der Waals surface area (Å²) in [5, 5.41) is 97.9. The van der Waals surface area contributed by atoms with Gasteiger partial charge in [-0.2, -0.15) is 0 Å². The number of nitrogens with one attached hydrogen (secondary N) is 15. The number of H-pyrrole nitrogens is 2. The minimum atomic E-state index is -1.95. The van der Waals surface area contributed by atoms with Gasteiger partial charge in [0.05, 0.1) is 24.6 Å². The quantitative estimate of drug-likeness (QED) is 0.0308. The van der Waals surface area contributed by atoms with Crippen LogP contribution in [0.25, 0.3) is 11.0 Å². The number of carboxylic acids is 1. The maximum Gasteiger partial charge on any atom is 0.303 e. The molecule has 118 heavy (non-hydrogen) atoms. The molecule has 0 fully saturated rings. The number of carboxylic acid groups (broad SMARTS) is 1. The number of aromatic amines is 2. The number of fused-ring (bicyclic) bond motifs is 42. The second kappa shape index (κ2) is 44.1. The number of aromatic nitrogens is 4. The first-order valence-corrected chi connectivity index (χ1v) is 38.8. The topological polar surface area (TPSA) is 600 Å². The average Bonchev–Trinajstić information content (AvgIpc) is 1.57. The van der Waals surface area contributed by atoms with Crippen molar-refractivity contribution in [1.29, 1.82) is 0 Å². The molecule has 638 valence electrons. The van der Waals surface area contributed by atoms with Gasteiger partial charge in [-0.25, -0.2) is 9.97 Å². The van der Waals surface area contributed by atoms with Crippen molar-refractivity contribution in [2.75, 3.05) is 0 Å². The van der Waals surface area contributed by atoms with Crippen molar-refractivity contribution in [3.05, 3.63) is 143 Å². The van der Waals surface area contributed by atoms with Crippen molar-refractivity contribution in [1.82, 2.24) is 89.1 Å². The van der Waals surface area contributed by atoms with Gasteiger partial charge in [0.1, 0.15) is 89.8 Å². The highest BCUT2D eigenvalue weighted by atomic mass is 16.4. The molecule has 1 unspecified atom stereocenters. The molecule has 0 spiro atoms. The number of imidazole rings is 1. The molecule has 2 bridgehead atoms. The third-order valence-corrected chi connectivity index (χ3v) is 19.5. The lowest BCUT2D eigenvalue weighted by Crippen LogP contribution is -2.63. The molecule has 0 saturated heterocycles. The van der Waals surface area contributed by atoms with Crippen LogP contribution in [0.1, 0.15) is 140 Å². The Labute approximate surface area is 680 Å². The van der Waals surface area contributed by atoms with Crippen molar-refractivity contribution in [3.8, 4) is 11.5 Å². The number of rotatable bonds is 19. The average molecular weight is 1640 g/mol. The molecule has 38 nitrogen and oxygen atoms in total. The summed E-state index contributed by atoms with van der Waals surface area (Å²) in [5.41, 5.74) is 7.61. The van der Waals surface area contributed by atoms with E-state index >= 15 is 9.59 Å². The Hall–Kier alpha value is -12.4. The number of nitrogens with zero attached hydrogens (tertiary/aromatic N) is 2. The van der Waals surface area contributed by atoms with Crippen LogP contribution in [0.2, 0.25) is 0 Å². The van der Waals surface area contributed by atoms with Gasteiger partial charge in [0.25, 0.3) is 0 Å². The van der Waals surface area contributed by atoms with Gasteiger partial charge in [0.2, 0.25) is 76.8 Å². The van der Waals surface area contributed by atoms with Gasteiger partial charge in [-0.05, 0) is 116 Å². The lowest BCUT2D eigenvalue weighted by atomic mass is 9.85. The van der Waals surface area contributed by atoms with Crippen molar-refractivity contribution in [2.24, 2.45) is 11.1 Å². The number of phenolic OH excluding ortho intramolecular Hbond substituents is 2. The number of aromatic hydroxyl groups is 2. The van der Waals surface area contributed by atoms with Gasteiger partial charge in [-0.15, -0.1) is 0 Å². The Balaban J connectivity index is 1.27. The maximum absolute atomic E-state index is 15.1. The molecule has 38 heteroatoms. The zero-order chi connectivity index (χ0) is 86.7. The number of hydrogen-bond acceptors (Lipinski definition) is 22. The Kier molecular flexibility index (Phi) is 34.6. The van der Waals surface area contributed by atoms with Crippen LogP contribution in [0.4, 0.5) is 0 Å². The van der Waals surface area contributed by atoms with Gasteiger partial charge in [-0.1, -0.05) is 96.0 Å². The van der Waals surface area contributed by atoms with Gasteiger partial charge >= 0.3 is 5.97 Å². The number of benzene rings is 3. The van der Waals surface area contributed by atoms with E-state index in [2.05, 4.69) is 89.1 Å². The van der Waals surface area contributed by atoms with Crippen molar-refractivity contribution >= 4 is 93.8 Å². The fraction of sp³-hybridized carbons (Fsp3) is 0.475. The summed E-state index contributed by atoms with van der Waals surface area (Å²) in [4.78, 5) is 215. The first-order valence-electron chi connectivity index (χ1n) is 38.8. The highest BCUT2D eigenvalue weighted by Crippen LogP contribution is 2.23. The number of pyridine rings is 1. The van der Waals surface area contributed by atoms with Gasteiger partial charge < -0.3 is 115 Å². The smallest absolute Gasteiger partial charge is 0.303 e. The molecule has 2 aliphatic rings. The summed E-state index contributed by atoms with van der Waals surface area (Å²) in [6.07, 6.45) is -2.92. The molecule has 0 saturated carbocycles. The number of carbonyl (C=O) groups is 14. The Morgan fingerprint density at radius 1 is 0.542 bits per heavy atom. The number of phenols is 2. The van der Waals surface area contributed by atoms with Gasteiger partial charge in [-0.3, -0.25) is 67.1 Å². The molecule has 6 aromatic rings. The van der Waals surface area contributed by atoms with Gasteiger partial charge in [0, 0.05) is 81.7 Å². The number of aliphatic hydroxyl groups excluding tert-OH is 3. The molecule has 13 amide bonds. The van der Waals surface area contributed by atoms with E-state index in [-0.39, 0.29) is 94.4 Å². The summed E-state index contributed by atoms with van der Waals surface area (Å²) < 4.78 is 0. The first kappa shape index (κ1) is 92.7. The van der Waals surface area contributed by atoms with E-state index in [9.17, 15) is 88.2 Å². The molecule has 15 atom stereocenters. The standard InChI is InChI=1S/C80H108N18O20/c1-9-12-53-69(108)90-56(28-30-63(105)106)70(109)92-58(33-45-19-23-50(102)24-20-45)73(112)89-54(13-10-2)71(110)96-64(41(3)99)77(116)91-57(67(81)107)32-44-15-17-47(18-16-44)37-84-62(104)29-27-55(87-43(5)101)72(111)98-66(80(6,7)8)79(118)95-59(34-46-21-25-51(103)26-22-46)74(113)93-61(36-49-39-82-40-86-49)76(115)97-65(42(4)100)78(117)94-60(75(114)88-53)35-48-38-85-68-52(48)14-11-31-83-68/h11,14-26,31,38-42,53-61,64-67,99-100,102-103,107H,9-10,12-13,27-30,32-37,81H2,1-8H3,(H,82,86)(H,83,85)(H,84,104)(H,87,101)(H,88,114)(H,89,112)(H,90,108)(H,91,116)(H,92,109)(H,93,113)(H,94,117)(H,95,118)(H,96,110)(H,97,115)(H,98,111)(H,105,106)/t41-,42-,53+,54+,55+,56+,57+,58+,59+,60+,61+,64+,65+,66-,67?/m1/s1. The summed E-state index contributed by atoms with van der Waals surface area (Å²) in [7, 11) is 0. The second-order valence-corrected chi connectivity index (χ2v) is 30.3. The predicted molar refractivity (Wildman–Crippen MR) is 425 cm³/mol. The highest BCUT2D eigenvalue weighted by molar-refractivity contribution is 6.00. The third kappa shape index (κ3) is 28.5. The first-order chi connectivity index (χ1) is 55.9. The van der Waals surface area contributed by atoms with E-state index in [0.717, 1.165) is 13.8 Å². The predicted octanol–water partition coefficient (Wildman–Crippen LogP) is -1.99. The minimum absolute atomic E-state index is 0.0555. The fourth-order valence-electron chi connectivity index (χ4n) is 13.0. The Morgan fingerprint density at radius 3 is 1.48 bits per heavy atom. The Morgan fingerprint density at radius 2 is 1.00 bits per heavy atom. The summed E-state index contributed by atoms with van der Waals surface area (Å²) in [6, 6.07) is 1.36. The molecule has 3 aromatic heterocycles. The zero-order valence-electron chi connectivity index (χ0n) is 66.8. The Bertz CT molecular complexity index is 4460. The molecule has 5 heterocycles. The van der Waals surface area contributed by atoms with E-state index in [0.29, 0.717) is 38.9 Å². The van der Waals surface area contributed by atoms with E-state index in [1.165, 1.54) is 80.4 Å². The van der Waals surface area contributed by atoms with E-state index < -0.39 is 192 Å². The summed E-state index contributed by atoms with van der Waals surface area (Å²) in [5.74, 6) is -14.4. The number of amides is 13. The number of carbonyl (C=O) groups excluding carboxylic acids is 13. The largest absolute Gasteiger partial charge is 0.508 e. The van der Waals surface area contributed by atoms with Crippen LogP contribution in [0.15, 0.2) is 110 Å². The second-order valence-electron chi connectivity index (χ2n) is 30.3. The SMILES string of the molecule is CCC[C@@H]1NC(=O)[C@H](Cc2c[nH]c3ncccc23)NC(=O)[C@H]([C@@H](C)O)NC(=O)[C@H](Cc2cnc[nH]2)NC(=O)[C@H](Cc2ccc(O)cc2)NC(=O)[C@H](C(C)(C)C)NC(=O)[C@@H](NC(C)=O)CCC(=O)NCc2ccc(cc2)C[C@@H](C(N)O)NC(=O)[C@H]([C@@H](C)O)NC(=O)[C@H](CCC)NC(=O)[C@H](Cc2ccc(O)cc2)NC(=O)[C@H](CCC(=O)O)NC1=O. The lowest BCUT2D eigenvalue weighted by molar-refractivity contribution is -0.139. The van der Waals surface area contributed by atoms with E-state index in [1.807, 2.05) is 0 Å². The zero-order valence-corrected chi connectivity index (χ0v) is 66.8. The van der Waals surface area contributed by atoms with E-state index in [4.69, 9.17) is 5.73 Å². The maximum atomic E-state index is 15.1. The molecule has 3 aromatic carbocycles. The molecule has 0 radical (unpaired) electrons. The fourth-order valence-corrected chi connectivity index (χ4v) is 13.0. The number of aliphatic hydroxyl groups is 3. The summed E-state index contributed by atoms with van der Waals surface area (Å²) >= 11 is 0. The van der Waals surface area contributed by atoms with Gasteiger partial charge in [0.15, 0.2) is 0 Å². The molecule has 0 aliphatic carbocycles. The minimum Gasteiger partial charge on any atom is -0.508 e. The van der Waals surface area contributed by atoms with Crippen LogP contribution in [0.3, 0.4) is 0 Å². The monoisotopic (exact) mass is 1640 g/mol. The van der Waals surface area contributed by atoms with Crippen LogP contribution < -0.4 is 74.9 Å². The number of nitrogens with two attached hydrogens (primary N) is 1.